The van der Waals surface area contributed by atoms with Crippen LogP contribution in [0.2, 0.25) is 0 Å². The van der Waals surface area contributed by atoms with Crippen molar-refractivity contribution in [2.45, 2.75) is 58.5 Å². The van der Waals surface area contributed by atoms with Gasteiger partial charge in [-0.3, -0.25) is 9.89 Å². The highest BCUT2D eigenvalue weighted by atomic mass is 16.6. The van der Waals surface area contributed by atoms with Crippen molar-refractivity contribution in [3.8, 4) is 0 Å². The van der Waals surface area contributed by atoms with Gasteiger partial charge in [0, 0.05) is 38.3 Å². The van der Waals surface area contributed by atoms with E-state index < -0.39 is 0 Å². The summed E-state index contributed by atoms with van der Waals surface area (Å²) in [7, 11) is 0. The summed E-state index contributed by atoms with van der Waals surface area (Å²) in [6, 6.07) is 1.15. The van der Waals surface area contributed by atoms with Gasteiger partial charge < -0.3 is 20.3 Å². The summed E-state index contributed by atoms with van der Waals surface area (Å²) in [6.07, 6.45) is 4.34. The molecule has 7 heteroatoms. The molecule has 2 rings (SSSR count). The van der Waals surface area contributed by atoms with Crippen molar-refractivity contribution in [1.82, 2.24) is 20.4 Å². The van der Waals surface area contributed by atoms with Crippen LogP contribution < -0.4 is 10.6 Å². The molecular formula is C18H35N5O2. The lowest BCUT2D eigenvalue weighted by atomic mass is 10.1. The molecule has 0 aromatic rings. The number of carbonyl (C=O) groups is 1. The average molecular weight is 354 g/mol. The van der Waals surface area contributed by atoms with E-state index in [1.165, 1.54) is 12.8 Å². The molecule has 1 aliphatic heterocycles. The third-order valence-electron chi connectivity index (χ3n) is 4.83. The first-order valence-corrected chi connectivity index (χ1v) is 9.88. The first kappa shape index (κ1) is 19.8. The fourth-order valence-electron chi connectivity index (χ4n) is 3.26. The Kier molecular flexibility index (Phi) is 8.31. The van der Waals surface area contributed by atoms with E-state index in [-0.39, 0.29) is 6.09 Å². The van der Waals surface area contributed by atoms with Crippen molar-refractivity contribution in [2.24, 2.45) is 4.99 Å². The maximum Gasteiger partial charge on any atom is 0.409 e. The summed E-state index contributed by atoms with van der Waals surface area (Å²) in [5, 5.41) is 6.86. The van der Waals surface area contributed by atoms with E-state index >= 15 is 0 Å². The van der Waals surface area contributed by atoms with Crippen molar-refractivity contribution in [3.05, 3.63) is 0 Å². The number of hydrogen-bond acceptors (Lipinski definition) is 4. The molecule has 7 nitrogen and oxygen atoms in total. The molecule has 0 aromatic carbocycles. The van der Waals surface area contributed by atoms with Crippen LogP contribution in [0.25, 0.3) is 0 Å². The zero-order valence-electron chi connectivity index (χ0n) is 16.1. The molecule has 2 N–H and O–H groups in total. The van der Waals surface area contributed by atoms with Crippen LogP contribution in [0.15, 0.2) is 4.99 Å². The van der Waals surface area contributed by atoms with Gasteiger partial charge in [-0.25, -0.2) is 4.79 Å². The lowest BCUT2D eigenvalue weighted by Crippen LogP contribution is -2.50. The number of amides is 1. The maximum absolute atomic E-state index is 11.8. The molecule has 1 heterocycles. The number of nitrogens with zero attached hydrogens (tertiary/aromatic N) is 3. The number of carbonyl (C=O) groups excluding carboxylic acids is 1. The zero-order valence-corrected chi connectivity index (χ0v) is 16.1. The Bertz CT molecular complexity index is 431. The summed E-state index contributed by atoms with van der Waals surface area (Å²) in [4.78, 5) is 20.8. The van der Waals surface area contributed by atoms with E-state index in [9.17, 15) is 4.79 Å². The van der Waals surface area contributed by atoms with Gasteiger partial charge in [0.1, 0.15) is 0 Å². The van der Waals surface area contributed by atoms with Crippen LogP contribution in [-0.4, -0.2) is 79.8 Å². The van der Waals surface area contributed by atoms with Gasteiger partial charge >= 0.3 is 6.09 Å². The molecule has 0 atom stereocenters. The summed E-state index contributed by atoms with van der Waals surface area (Å²) in [6.45, 7) is 11.9. The Hall–Kier alpha value is -1.50. The van der Waals surface area contributed by atoms with E-state index in [0.29, 0.717) is 12.6 Å². The van der Waals surface area contributed by atoms with E-state index in [0.717, 1.165) is 64.1 Å². The molecule has 2 aliphatic rings. The predicted octanol–water partition coefficient (Wildman–Crippen LogP) is 1.65. The number of nitrogens with one attached hydrogen (secondary N) is 2. The Morgan fingerprint density at radius 2 is 1.92 bits per heavy atom. The Labute approximate surface area is 152 Å². The van der Waals surface area contributed by atoms with E-state index in [1.807, 2.05) is 6.92 Å². The molecule has 0 aromatic heterocycles. The first-order chi connectivity index (χ1) is 12.2. The molecule has 1 aliphatic carbocycles. The van der Waals surface area contributed by atoms with Crippen LogP contribution >= 0.6 is 0 Å². The van der Waals surface area contributed by atoms with Crippen LogP contribution in [0.3, 0.4) is 0 Å². The standard InChI is InChI=1S/C18H35N5O2/c1-4-19-17(20-11-14-22(5-2)16-7-8-16)21-15-9-12-23(13-10-15)18(24)25-6-3/h15-16H,4-14H2,1-3H3,(H2,19,20,21). The van der Waals surface area contributed by atoms with Crippen LogP contribution in [0.5, 0.6) is 0 Å². The number of likely N-dealkylation sites (N-methyl/N-ethyl adjacent to an activating group) is 1. The summed E-state index contributed by atoms with van der Waals surface area (Å²) >= 11 is 0. The lowest BCUT2D eigenvalue weighted by molar-refractivity contribution is 0.0963. The Morgan fingerprint density at radius 1 is 1.20 bits per heavy atom. The first-order valence-electron chi connectivity index (χ1n) is 9.88. The van der Waals surface area contributed by atoms with Crippen molar-refractivity contribution in [1.29, 1.82) is 0 Å². The molecule has 1 saturated carbocycles. The third-order valence-corrected chi connectivity index (χ3v) is 4.83. The monoisotopic (exact) mass is 353 g/mol. The second-order valence-corrected chi connectivity index (χ2v) is 6.73. The number of ether oxygens (including phenoxy) is 1. The Morgan fingerprint density at radius 3 is 2.48 bits per heavy atom. The van der Waals surface area contributed by atoms with Gasteiger partial charge in [0.05, 0.1) is 13.2 Å². The highest BCUT2D eigenvalue weighted by Crippen LogP contribution is 2.25. The molecule has 0 bridgehead atoms. The zero-order chi connectivity index (χ0) is 18.1. The molecule has 2 fully saturated rings. The molecule has 0 unspecified atom stereocenters. The fourth-order valence-corrected chi connectivity index (χ4v) is 3.26. The van der Waals surface area contributed by atoms with Crippen LogP contribution in [-0.2, 0) is 4.74 Å². The second kappa shape index (κ2) is 10.5. The van der Waals surface area contributed by atoms with E-state index in [4.69, 9.17) is 9.73 Å². The normalized spacial score (nSPS) is 19.2. The van der Waals surface area contributed by atoms with Gasteiger partial charge in [-0.1, -0.05) is 6.92 Å². The number of hydrogen-bond donors (Lipinski definition) is 2. The minimum absolute atomic E-state index is 0.193. The number of likely N-dealkylation sites (tertiary alicyclic amines) is 1. The summed E-state index contributed by atoms with van der Waals surface area (Å²) in [5.41, 5.74) is 0. The topological polar surface area (TPSA) is 69.2 Å². The minimum atomic E-state index is -0.193. The van der Waals surface area contributed by atoms with Crippen molar-refractivity contribution in [3.63, 3.8) is 0 Å². The van der Waals surface area contributed by atoms with Gasteiger partial charge in [-0.2, -0.15) is 0 Å². The Balaban J connectivity index is 1.75. The molecule has 0 spiro atoms. The number of aliphatic imine (C=N–C) groups is 1. The number of guanidine groups is 1. The SMILES string of the molecule is CCNC(=NCCN(CC)C1CC1)NC1CCN(C(=O)OCC)CC1. The van der Waals surface area contributed by atoms with Crippen molar-refractivity contribution < 1.29 is 9.53 Å². The predicted molar refractivity (Wildman–Crippen MR) is 101 cm³/mol. The summed E-state index contributed by atoms with van der Waals surface area (Å²) < 4.78 is 5.07. The van der Waals surface area contributed by atoms with Crippen LogP contribution in [0, 0.1) is 0 Å². The molecule has 1 saturated heterocycles. The number of rotatable bonds is 8. The fraction of sp³-hybridized carbons (Fsp3) is 0.889. The van der Waals surface area contributed by atoms with Gasteiger partial charge in [-0.05, 0) is 46.1 Å². The van der Waals surface area contributed by atoms with Crippen molar-refractivity contribution >= 4 is 12.1 Å². The number of piperidine rings is 1. The van der Waals surface area contributed by atoms with Gasteiger partial charge in [0.25, 0.3) is 0 Å². The van der Waals surface area contributed by atoms with Gasteiger partial charge in [0.2, 0.25) is 0 Å². The molecule has 144 valence electrons. The van der Waals surface area contributed by atoms with E-state index in [2.05, 4.69) is 29.4 Å². The van der Waals surface area contributed by atoms with Crippen LogP contribution in [0.4, 0.5) is 4.79 Å². The molecule has 25 heavy (non-hydrogen) atoms. The second-order valence-electron chi connectivity index (χ2n) is 6.73. The largest absolute Gasteiger partial charge is 0.450 e. The average Bonchev–Trinajstić information content (AvgIpc) is 3.44. The highest BCUT2D eigenvalue weighted by Gasteiger charge is 2.27. The molecular weight excluding hydrogens is 318 g/mol. The molecule has 1 amide bonds. The molecule has 0 radical (unpaired) electrons. The maximum atomic E-state index is 11.8. The quantitative estimate of drug-likeness (QED) is 0.513. The van der Waals surface area contributed by atoms with Crippen molar-refractivity contribution in [2.75, 3.05) is 45.9 Å². The smallest absolute Gasteiger partial charge is 0.409 e. The van der Waals surface area contributed by atoms with Gasteiger partial charge in [0.15, 0.2) is 5.96 Å². The van der Waals surface area contributed by atoms with Gasteiger partial charge in [-0.15, -0.1) is 0 Å². The lowest BCUT2D eigenvalue weighted by Gasteiger charge is -2.32. The third kappa shape index (κ3) is 6.72. The van der Waals surface area contributed by atoms with Crippen LogP contribution in [0.1, 0.15) is 46.5 Å². The van der Waals surface area contributed by atoms with E-state index in [1.54, 1.807) is 4.90 Å². The summed E-state index contributed by atoms with van der Waals surface area (Å²) in [5.74, 6) is 0.893. The minimum Gasteiger partial charge on any atom is -0.450 e. The highest BCUT2D eigenvalue weighted by molar-refractivity contribution is 5.80.